The van der Waals surface area contributed by atoms with Crippen LogP contribution in [0.25, 0.3) is 0 Å². The number of likely N-dealkylation sites (N-methyl/N-ethyl adjacent to an activating group) is 1. The fraction of sp³-hybridized carbons (Fsp3) is 0.533. The lowest BCUT2D eigenvalue weighted by molar-refractivity contribution is -0.137. The van der Waals surface area contributed by atoms with Crippen molar-refractivity contribution in [2.75, 3.05) is 33.2 Å². The molecule has 2 aliphatic heterocycles. The van der Waals surface area contributed by atoms with Gasteiger partial charge in [-0.2, -0.15) is 0 Å². The van der Waals surface area contributed by atoms with Crippen molar-refractivity contribution in [3.8, 4) is 0 Å². The molecular weight excluding hydrogens is 238 g/mol. The summed E-state index contributed by atoms with van der Waals surface area (Å²) >= 11 is 0. The van der Waals surface area contributed by atoms with Crippen molar-refractivity contribution in [1.82, 2.24) is 15.1 Å². The van der Waals surface area contributed by atoms with Gasteiger partial charge >= 0.3 is 0 Å². The number of nitrogens with one attached hydrogen (secondary N) is 1. The summed E-state index contributed by atoms with van der Waals surface area (Å²) in [6.07, 6.45) is 0. The number of nitrogens with zero attached hydrogens (tertiary/aromatic N) is 2. The predicted octanol–water partition coefficient (Wildman–Crippen LogP) is 0.782. The van der Waals surface area contributed by atoms with Crippen LogP contribution in [0.4, 0.5) is 0 Å². The Morgan fingerprint density at radius 3 is 2.84 bits per heavy atom. The first-order valence-corrected chi connectivity index (χ1v) is 6.92. The van der Waals surface area contributed by atoms with Gasteiger partial charge in [0.2, 0.25) is 5.91 Å². The fourth-order valence-electron chi connectivity index (χ4n) is 3.13. The van der Waals surface area contributed by atoms with Crippen molar-refractivity contribution < 1.29 is 4.79 Å². The molecule has 0 bridgehead atoms. The Hall–Kier alpha value is -1.39. The van der Waals surface area contributed by atoms with E-state index in [1.807, 2.05) is 11.9 Å². The van der Waals surface area contributed by atoms with Gasteiger partial charge in [0, 0.05) is 38.8 Å². The highest BCUT2D eigenvalue weighted by molar-refractivity contribution is 5.79. The lowest BCUT2D eigenvalue weighted by Crippen LogP contribution is -2.62. The predicted molar refractivity (Wildman–Crippen MR) is 74.9 cm³/mol. The zero-order valence-corrected chi connectivity index (χ0v) is 11.6. The first-order chi connectivity index (χ1) is 9.15. The maximum Gasteiger partial charge on any atom is 0.236 e. The molecule has 0 aliphatic carbocycles. The van der Waals surface area contributed by atoms with Crippen molar-refractivity contribution in [2.45, 2.75) is 19.0 Å². The van der Waals surface area contributed by atoms with Crippen molar-refractivity contribution in [3.63, 3.8) is 0 Å². The Balaban J connectivity index is 1.76. The summed E-state index contributed by atoms with van der Waals surface area (Å²) in [7, 11) is 1.90. The third kappa shape index (κ3) is 2.38. The number of carbonyl (C=O) groups is 1. The standard InChI is InChI=1S/C15H21N3O/c1-11-5-3-4-6-13(11)14-9-18-10-15(19)17(2)8-12(18)7-16-14/h3-6,12,14,16H,7-10H2,1-2H3. The zero-order chi connectivity index (χ0) is 13.4. The normalized spacial score (nSPS) is 28.3. The maximum absolute atomic E-state index is 11.8. The van der Waals surface area contributed by atoms with Crippen molar-refractivity contribution in [3.05, 3.63) is 35.4 Å². The molecule has 0 spiro atoms. The zero-order valence-electron chi connectivity index (χ0n) is 11.6. The van der Waals surface area contributed by atoms with E-state index in [-0.39, 0.29) is 5.91 Å². The number of amides is 1. The molecular formula is C15H21N3O. The SMILES string of the molecule is Cc1ccccc1C1CN2CC(=O)N(C)CC2CN1. The van der Waals surface area contributed by atoms with Crippen LogP contribution in [0.15, 0.2) is 24.3 Å². The summed E-state index contributed by atoms with van der Waals surface area (Å²) in [6, 6.07) is 9.30. The van der Waals surface area contributed by atoms with Crippen LogP contribution in [-0.4, -0.2) is 55.0 Å². The van der Waals surface area contributed by atoms with E-state index in [4.69, 9.17) is 0 Å². The van der Waals surface area contributed by atoms with Gasteiger partial charge in [0.05, 0.1) is 6.54 Å². The van der Waals surface area contributed by atoms with Crippen LogP contribution in [0.1, 0.15) is 17.2 Å². The molecule has 2 saturated heterocycles. The molecule has 3 rings (SSSR count). The van der Waals surface area contributed by atoms with Crippen LogP contribution in [0, 0.1) is 6.92 Å². The van der Waals surface area contributed by atoms with Gasteiger partial charge in [0.25, 0.3) is 0 Å². The smallest absolute Gasteiger partial charge is 0.236 e. The summed E-state index contributed by atoms with van der Waals surface area (Å²) in [5.41, 5.74) is 2.67. The molecule has 1 N–H and O–H groups in total. The molecule has 2 fully saturated rings. The van der Waals surface area contributed by atoms with E-state index in [0.29, 0.717) is 18.6 Å². The van der Waals surface area contributed by atoms with Gasteiger partial charge in [0.15, 0.2) is 0 Å². The van der Waals surface area contributed by atoms with Crippen molar-refractivity contribution >= 4 is 5.91 Å². The first kappa shape index (κ1) is 12.6. The van der Waals surface area contributed by atoms with Gasteiger partial charge in [-0.15, -0.1) is 0 Å². The highest BCUT2D eigenvalue weighted by Crippen LogP contribution is 2.24. The van der Waals surface area contributed by atoms with E-state index in [1.165, 1.54) is 11.1 Å². The van der Waals surface area contributed by atoms with Crippen molar-refractivity contribution in [2.24, 2.45) is 0 Å². The summed E-state index contributed by atoms with van der Waals surface area (Å²) in [4.78, 5) is 16.0. The monoisotopic (exact) mass is 259 g/mol. The number of benzene rings is 1. The lowest BCUT2D eigenvalue weighted by Gasteiger charge is -2.45. The molecule has 19 heavy (non-hydrogen) atoms. The number of rotatable bonds is 1. The first-order valence-electron chi connectivity index (χ1n) is 6.92. The Morgan fingerprint density at radius 1 is 1.26 bits per heavy atom. The number of aryl methyl sites for hydroxylation is 1. The van der Waals surface area contributed by atoms with E-state index in [0.717, 1.165) is 19.6 Å². The van der Waals surface area contributed by atoms with Gasteiger partial charge in [-0.3, -0.25) is 9.69 Å². The molecule has 2 heterocycles. The molecule has 4 heteroatoms. The summed E-state index contributed by atoms with van der Waals surface area (Å²) < 4.78 is 0. The average molecular weight is 259 g/mol. The molecule has 1 amide bonds. The molecule has 0 aromatic heterocycles. The molecule has 102 valence electrons. The Bertz CT molecular complexity index is 488. The van der Waals surface area contributed by atoms with Gasteiger partial charge in [0.1, 0.15) is 0 Å². The second-order valence-corrected chi connectivity index (χ2v) is 5.67. The number of piperazine rings is 2. The van der Waals surface area contributed by atoms with Crippen LogP contribution in [0.5, 0.6) is 0 Å². The van der Waals surface area contributed by atoms with Crippen LogP contribution in [-0.2, 0) is 4.79 Å². The largest absolute Gasteiger partial charge is 0.343 e. The number of hydrogen-bond acceptors (Lipinski definition) is 3. The van der Waals surface area contributed by atoms with Gasteiger partial charge in [-0.1, -0.05) is 24.3 Å². The summed E-state index contributed by atoms with van der Waals surface area (Å²) in [5.74, 6) is 0.238. The van der Waals surface area contributed by atoms with Crippen LogP contribution < -0.4 is 5.32 Å². The minimum absolute atomic E-state index is 0.238. The van der Waals surface area contributed by atoms with E-state index in [2.05, 4.69) is 41.4 Å². The Kier molecular flexibility index (Phi) is 3.29. The third-order valence-corrected chi connectivity index (χ3v) is 4.35. The number of hydrogen-bond donors (Lipinski definition) is 1. The van der Waals surface area contributed by atoms with E-state index < -0.39 is 0 Å². The average Bonchev–Trinajstić information content (AvgIpc) is 2.40. The van der Waals surface area contributed by atoms with Gasteiger partial charge in [-0.05, 0) is 18.1 Å². The molecule has 1 aromatic carbocycles. The second-order valence-electron chi connectivity index (χ2n) is 5.67. The molecule has 2 aliphatic rings. The minimum atomic E-state index is 0.238. The number of carbonyl (C=O) groups excluding carboxylic acids is 1. The molecule has 2 unspecified atom stereocenters. The van der Waals surface area contributed by atoms with Crippen molar-refractivity contribution in [1.29, 1.82) is 0 Å². The molecule has 4 nitrogen and oxygen atoms in total. The quantitative estimate of drug-likeness (QED) is 0.809. The number of fused-ring (bicyclic) bond motifs is 1. The Labute approximate surface area is 114 Å². The summed E-state index contributed by atoms with van der Waals surface area (Å²) in [6.45, 7) is 5.43. The van der Waals surface area contributed by atoms with Gasteiger partial charge in [-0.25, -0.2) is 0 Å². The van der Waals surface area contributed by atoms with E-state index >= 15 is 0 Å². The van der Waals surface area contributed by atoms with Crippen LogP contribution in [0.2, 0.25) is 0 Å². The molecule has 0 saturated carbocycles. The third-order valence-electron chi connectivity index (χ3n) is 4.35. The van der Waals surface area contributed by atoms with Crippen LogP contribution >= 0.6 is 0 Å². The topological polar surface area (TPSA) is 35.6 Å². The maximum atomic E-state index is 11.8. The highest BCUT2D eigenvalue weighted by atomic mass is 16.2. The van der Waals surface area contributed by atoms with E-state index in [9.17, 15) is 4.79 Å². The van der Waals surface area contributed by atoms with Gasteiger partial charge < -0.3 is 10.2 Å². The molecule has 0 radical (unpaired) electrons. The minimum Gasteiger partial charge on any atom is -0.343 e. The molecule has 1 aromatic rings. The molecule has 2 atom stereocenters. The van der Waals surface area contributed by atoms with E-state index in [1.54, 1.807) is 0 Å². The second kappa shape index (κ2) is 4.94. The highest BCUT2D eigenvalue weighted by Gasteiger charge is 2.35. The lowest BCUT2D eigenvalue weighted by atomic mass is 9.97. The van der Waals surface area contributed by atoms with Crippen LogP contribution in [0.3, 0.4) is 0 Å². The fourth-order valence-corrected chi connectivity index (χ4v) is 3.13. The summed E-state index contributed by atoms with van der Waals surface area (Å²) in [5, 5.41) is 3.63. The Morgan fingerprint density at radius 2 is 2.05 bits per heavy atom.